The Morgan fingerprint density at radius 1 is 1.36 bits per heavy atom. The minimum atomic E-state index is 0.106. The molecule has 2 aromatic rings. The summed E-state index contributed by atoms with van der Waals surface area (Å²) in [5.41, 5.74) is 6.58. The molecule has 2 nitrogen and oxygen atoms in total. The molecule has 110 valence electrons. The lowest BCUT2D eigenvalue weighted by atomic mass is 9.96. The predicted octanol–water partition coefficient (Wildman–Crippen LogP) is 4.37. The Balaban J connectivity index is 0.000000208. The van der Waals surface area contributed by atoms with Gasteiger partial charge in [-0.2, -0.15) is 0 Å². The van der Waals surface area contributed by atoms with Crippen molar-refractivity contribution < 1.29 is 0 Å². The number of fused-ring (bicyclic) bond motifs is 4. The number of aromatic nitrogens is 1. The van der Waals surface area contributed by atoms with Crippen LogP contribution in [0.3, 0.4) is 0 Å². The number of terminal acetylenes is 1. The van der Waals surface area contributed by atoms with Gasteiger partial charge < -0.3 is 4.98 Å². The Bertz CT molecular complexity index is 870. The lowest BCUT2D eigenvalue weighted by molar-refractivity contribution is 0.280. The first-order valence-corrected chi connectivity index (χ1v) is 8.41. The molecule has 2 aliphatic heterocycles. The highest BCUT2D eigenvalue weighted by Gasteiger charge is 2.26. The Hall–Kier alpha value is -2.02. The van der Waals surface area contributed by atoms with Crippen molar-refractivity contribution in [1.29, 1.82) is 0 Å². The van der Waals surface area contributed by atoms with Gasteiger partial charge in [-0.15, -0.1) is 17.8 Å². The molecular weight excluding hydrogens is 288 g/mol. The van der Waals surface area contributed by atoms with E-state index in [2.05, 4.69) is 59.4 Å². The second kappa shape index (κ2) is 5.01. The van der Waals surface area contributed by atoms with E-state index in [9.17, 15) is 0 Å². The van der Waals surface area contributed by atoms with Crippen LogP contribution in [0.4, 0.5) is 0 Å². The summed E-state index contributed by atoms with van der Waals surface area (Å²) in [6, 6.07) is 8.81. The Morgan fingerprint density at radius 3 is 2.77 bits per heavy atom. The Kier molecular flexibility index (Phi) is 3.11. The van der Waals surface area contributed by atoms with Crippen molar-refractivity contribution in [3.8, 4) is 22.8 Å². The number of benzene rings is 1. The maximum absolute atomic E-state index is 5.69. The summed E-state index contributed by atoms with van der Waals surface area (Å²) in [6.45, 7) is 3.14. The van der Waals surface area contributed by atoms with Gasteiger partial charge in [0.25, 0.3) is 0 Å². The van der Waals surface area contributed by atoms with Crippen molar-refractivity contribution >= 4 is 22.2 Å². The van der Waals surface area contributed by atoms with Gasteiger partial charge in [-0.1, -0.05) is 17.6 Å². The molecular formula is C19H18N2S. The van der Waals surface area contributed by atoms with Gasteiger partial charge in [-0.25, -0.2) is 0 Å². The molecule has 1 atom stereocenters. The zero-order valence-corrected chi connectivity index (χ0v) is 13.6. The molecule has 1 unspecified atom stereocenters. The van der Waals surface area contributed by atoms with Crippen LogP contribution in [0.25, 0.3) is 21.3 Å². The molecule has 3 aliphatic rings. The van der Waals surface area contributed by atoms with Crippen LogP contribution in [0.1, 0.15) is 22.9 Å². The summed E-state index contributed by atoms with van der Waals surface area (Å²) in [5, 5.41) is 3.45. The third-order valence-corrected chi connectivity index (χ3v) is 5.44. The molecule has 3 heterocycles. The van der Waals surface area contributed by atoms with E-state index < -0.39 is 0 Å². The topological polar surface area (TPSA) is 19.0 Å². The predicted molar refractivity (Wildman–Crippen MR) is 94.3 cm³/mol. The van der Waals surface area contributed by atoms with Crippen molar-refractivity contribution in [3.05, 3.63) is 46.5 Å². The highest BCUT2D eigenvalue weighted by Crippen LogP contribution is 2.42. The first-order chi connectivity index (χ1) is 10.7. The van der Waals surface area contributed by atoms with Gasteiger partial charge >= 0.3 is 0 Å². The number of hydrogen-bond donors (Lipinski definition) is 1. The van der Waals surface area contributed by atoms with Crippen LogP contribution in [0, 0.1) is 19.3 Å². The van der Waals surface area contributed by atoms with Crippen LogP contribution >= 0.6 is 11.3 Å². The molecule has 0 spiro atoms. The maximum Gasteiger partial charge on any atom is 0.0989 e. The molecule has 1 aromatic heterocycles. The van der Waals surface area contributed by atoms with Gasteiger partial charge in [0, 0.05) is 50.9 Å². The highest BCUT2D eigenvalue weighted by molar-refractivity contribution is 7.18. The van der Waals surface area contributed by atoms with E-state index in [0.717, 1.165) is 13.0 Å². The summed E-state index contributed by atoms with van der Waals surface area (Å²) in [5.74, 6) is 2.91. The number of thiophene rings is 1. The lowest BCUT2D eigenvalue weighted by Crippen LogP contribution is -2.30. The molecule has 0 radical (unpaired) electrons. The SMILES string of the molecule is C#CC1c2c([nH]c3ccc(C)cc23)CCN1C.c1sc2cc1-2. The Morgan fingerprint density at radius 2 is 2.18 bits per heavy atom. The number of hydrogen-bond acceptors (Lipinski definition) is 2. The number of nitrogens with zero attached hydrogens (tertiary/aromatic N) is 1. The molecule has 0 amide bonds. The molecule has 1 N–H and O–H groups in total. The fourth-order valence-electron chi connectivity index (χ4n) is 3.11. The zero-order valence-electron chi connectivity index (χ0n) is 12.8. The maximum atomic E-state index is 5.69. The fraction of sp³-hybridized carbons (Fsp3) is 0.263. The lowest BCUT2D eigenvalue weighted by Gasteiger charge is -2.29. The van der Waals surface area contributed by atoms with E-state index in [4.69, 9.17) is 6.42 Å². The molecule has 3 heteroatoms. The molecule has 0 bridgehead atoms. The minimum absolute atomic E-state index is 0.106. The van der Waals surface area contributed by atoms with E-state index in [-0.39, 0.29) is 6.04 Å². The van der Waals surface area contributed by atoms with Gasteiger partial charge in [-0.05, 0) is 32.2 Å². The number of H-pyrrole nitrogens is 1. The summed E-state index contributed by atoms with van der Waals surface area (Å²) in [4.78, 5) is 7.26. The van der Waals surface area contributed by atoms with E-state index in [1.54, 1.807) is 0 Å². The van der Waals surface area contributed by atoms with Crippen LogP contribution in [0.2, 0.25) is 0 Å². The highest BCUT2D eigenvalue weighted by atomic mass is 32.1. The standard InChI is InChI=1S/C15H16N2.C4H2S/c1-4-14-15-11-9-10(2)5-6-12(11)16-13(15)7-8-17(14)3;1-3-2-5-4(1)3/h1,5-6,9,14,16H,7-8H2,2-3H3;1-2H. The number of rotatable bonds is 0. The van der Waals surface area contributed by atoms with Crippen LogP contribution in [-0.2, 0) is 6.42 Å². The third kappa shape index (κ3) is 2.16. The van der Waals surface area contributed by atoms with Crippen LogP contribution in [0.15, 0.2) is 29.6 Å². The van der Waals surface area contributed by atoms with Gasteiger partial charge in [0.2, 0.25) is 0 Å². The summed E-state index contributed by atoms with van der Waals surface area (Å²) >= 11 is 1.83. The monoisotopic (exact) mass is 306 g/mol. The van der Waals surface area contributed by atoms with Gasteiger partial charge in [0.1, 0.15) is 0 Å². The van der Waals surface area contributed by atoms with Crippen molar-refractivity contribution in [2.24, 2.45) is 0 Å². The van der Waals surface area contributed by atoms with E-state index in [0.29, 0.717) is 0 Å². The Labute approximate surface area is 134 Å². The first kappa shape index (κ1) is 13.6. The molecule has 0 fully saturated rings. The average molecular weight is 306 g/mol. The molecule has 1 aromatic carbocycles. The summed E-state index contributed by atoms with van der Waals surface area (Å²) in [7, 11) is 2.10. The van der Waals surface area contributed by atoms with Crippen molar-refractivity contribution in [2.75, 3.05) is 13.6 Å². The number of aryl methyl sites for hydroxylation is 1. The van der Waals surface area contributed by atoms with Crippen molar-refractivity contribution in [3.63, 3.8) is 0 Å². The zero-order chi connectivity index (χ0) is 15.3. The summed E-state index contributed by atoms with van der Waals surface area (Å²) in [6.07, 6.45) is 6.74. The van der Waals surface area contributed by atoms with E-state index in [1.807, 2.05) is 11.3 Å². The fourth-order valence-corrected chi connectivity index (χ4v) is 3.76. The molecule has 0 saturated carbocycles. The average Bonchev–Trinajstić information content (AvgIpc) is 2.93. The third-order valence-electron chi connectivity index (χ3n) is 4.46. The first-order valence-electron chi connectivity index (χ1n) is 7.54. The molecule has 1 aliphatic carbocycles. The van der Waals surface area contributed by atoms with Gasteiger partial charge in [0.15, 0.2) is 0 Å². The number of aromatic amines is 1. The van der Waals surface area contributed by atoms with Crippen molar-refractivity contribution in [1.82, 2.24) is 9.88 Å². The number of likely N-dealkylation sites (N-methyl/N-ethyl adjacent to an activating group) is 1. The van der Waals surface area contributed by atoms with E-state index >= 15 is 0 Å². The normalized spacial score (nSPS) is 18.3. The van der Waals surface area contributed by atoms with Crippen molar-refractivity contribution in [2.45, 2.75) is 19.4 Å². The van der Waals surface area contributed by atoms with Crippen LogP contribution in [0.5, 0.6) is 0 Å². The second-order valence-corrected chi connectivity index (χ2v) is 6.98. The van der Waals surface area contributed by atoms with Crippen LogP contribution in [-0.4, -0.2) is 23.5 Å². The molecule has 5 rings (SSSR count). The van der Waals surface area contributed by atoms with Gasteiger partial charge in [-0.3, -0.25) is 4.90 Å². The quantitative estimate of drug-likeness (QED) is 0.478. The van der Waals surface area contributed by atoms with Gasteiger partial charge in [0.05, 0.1) is 6.04 Å². The van der Waals surface area contributed by atoms with E-state index in [1.165, 1.54) is 38.2 Å². The largest absolute Gasteiger partial charge is 0.358 e. The minimum Gasteiger partial charge on any atom is -0.358 e. The smallest absolute Gasteiger partial charge is 0.0989 e. The molecule has 0 saturated heterocycles. The second-order valence-electron chi connectivity index (χ2n) is 6.07. The number of nitrogens with one attached hydrogen (secondary N) is 1. The molecule has 22 heavy (non-hydrogen) atoms. The van der Waals surface area contributed by atoms with Crippen LogP contribution < -0.4 is 0 Å². The summed E-state index contributed by atoms with van der Waals surface area (Å²) < 4.78 is 0.